The standard InChI is InChI=1S/C22H30N2O4S2/c1-6-12-29(25,26)24-11-7-8-19-9-10-20(14-21(19)24)23-30(27,28)22-17(4)15(2)13-16(3)18(22)5/h9-10,13-14,23H,6-8,11-12H2,1-5H3. The van der Waals surface area contributed by atoms with Gasteiger partial charge < -0.3 is 0 Å². The molecule has 0 amide bonds. The molecule has 1 aliphatic heterocycles. The van der Waals surface area contributed by atoms with E-state index in [1.807, 2.05) is 46.8 Å². The van der Waals surface area contributed by atoms with Crippen molar-refractivity contribution in [1.82, 2.24) is 0 Å². The average molecular weight is 451 g/mol. The minimum atomic E-state index is -3.83. The van der Waals surface area contributed by atoms with Crippen molar-refractivity contribution in [1.29, 1.82) is 0 Å². The molecule has 0 bridgehead atoms. The quantitative estimate of drug-likeness (QED) is 0.714. The Morgan fingerprint density at radius 3 is 2.20 bits per heavy atom. The topological polar surface area (TPSA) is 83.6 Å². The Morgan fingerprint density at radius 2 is 1.60 bits per heavy atom. The summed E-state index contributed by atoms with van der Waals surface area (Å²) in [7, 11) is -7.26. The van der Waals surface area contributed by atoms with Crippen LogP contribution in [0.15, 0.2) is 29.2 Å². The van der Waals surface area contributed by atoms with Crippen molar-refractivity contribution in [2.24, 2.45) is 0 Å². The molecule has 2 aromatic rings. The predicted molar refractivity (Wildman–Crippen MR) is 122 cm³/mol. The summed E-state index contributed by atoms with van der Waals surface area (Å²) in [5, 5.41) is 0. The lowest BCUT2D eigenvalue weighted by molar-refractivity contribution is 0.585. The van der Waals surface area contributed by atoms with Crippen LogP contribution in [0, 0.1) is 27.7 Å². The zero-order valence-corrected chi connectivity index (χ0v) is 19.9. The Morgan fingerprint density at radius 1 is 0.967 bits per heavy atom. The van der Waals surface area contributed by atoms with Gasteiger partial charge in [0.25, 0.3) is 10.0 Å². The van der Waals surface area contributed by atoms with Gasteiger partial charge in [0.15, 0.2) is 0 Å². The Kier molecular flexibility index (Phi) is 6.20. The van der Waals surface area contributed by atoms with Crippen LogP contribution in [0.3, 0.4) is 0 Å². The first kappa shape index (κ1) is 22.6. The average Bonchev–Trinajstić information content (AvgIpc) is 2.65. The molecule has 0 aromatic heterocycles. The van der Waals surface area contributed by atoms with Crippen LogP contribution in [-0.4, -0.2) is 29.1 Å². The van der Waals surface area contributed by atoms with Crippen LogP contribution in [0.2, 0.25) is 0 Å². The number of hydrogen-bond acceptors (Lipinski definition) is 4. The molecule has 2 aromatic carbocycles. The molecule has 30 heavy (non-hydrogen) atoms. The largest absolute Gasteiger partial charge is 0.280 e. The first-order chi connectivity index (χ1) is 14.0. The molecular formula is C22H30N2O4S2. The fourth-order valence-electron chi connectivity index (χ4n) is 4.05. The molecule has 1 aliphatic rings. The molecule has 8 heteroatoms. The number of anilines is 2. The minimum Gasteiger partial charge on any atom is -0.280 e. The highest BCUT2D eigenvalue weighted by Crippen LogP contribution is 2.34. The highest BCUT2D eigenvalue weighted by Gasteiger charge is 2.28. The van der Waals surface area contributed by atoms with Gasteiger partial charge in [-0.3, -0.25) is 9.03 Å². The summed E-state index contributed by atoms with van der Waals surface area (Å²) in [5.74, 6) is 0.0728. The third-order valence-corrected chi connectivity index (χ3v) is 9.41. The molecule has 1 heterocycles. The lowest BCUT2D eigenvalue weighted by Crippen LogP contribution is -2.37. The third-order valence-electron chi connectivity index (χ3n) is 5.78. The smallest absolute Gasteiger partial charge is 0.262 e. The second kappa shape index (κ2) is 8.23. The number of hydrogen-bond donors (Lipinski definition) is 1. The minimum absolute atomic E-state index is 0.0728. The Hall–Kier alpha value is -2.06. The van der Waals surface area contributed by atoms with Gasteiger partial charge in [0, 0.05) is 6.54 Å². The van der Waals surface area contributed by atoms with Crippen LogP contribution in [0.25, 0.3) is 0 Å². The first-order valence-corrected chi connectivity index (χ1v) is 13.3. The van der Waals surface area contributed by atoms with E-state index in [4.69, 9.17) is 0 Å². The van der Waals surface area contributed by atoms with Crippen LogP contribution in [-0.2, 0) is 26.5 Å². The number of fused-ring (bicyclic) bond motifs is 1. The van der Waals surface area contributed by atoms with Crippen LogP contribution in [0.4, 0.5) is 11.4 Å². The highest BCUT2D eigenvalue weighted by molar-refractivity contribution is 7.93. The SMILES string of the molecule is CCCS(=O)(=O)N1CCCc2ccc(NS(=O)(=O)c3c(C)c(C)cc(C)c3C)cc21. The molecule has 6 nitrogen and oxygen atoms in total. The van der Waals surface area contributed by atoms with Crippen molar-refractivity contribution >= 4 is 31.4 Å². The summed E-state index contributed by atoms with van der Waals surface area (Å²) in [6, 6.07) is 7.16. The molecule has 0 aliphatic carbocycles. The van der Waals surface area contributed by atoms with Gasteiger partial charge in [0.1, 0.15) is 0 Å². The van der Waals surface area contributed by atoms with Crippen LogP contribution < -0.4 is 9.03 Å². The molecule has 164 valence electrons. The maximum atomic E-state index is 13.3. The molecule has 1 N–H and O–H groups in total. The number of nitrogens with zero attached hydrogens (tertiary/aromatic N) is 1. The van der Waals surface area contributed by atoms with Gasteiger partial charge in [-0.2, -0.15) is 0 Å². The van der Waals surface area contributed by atoms with E-state index in [1.165, 1.54) is 4.31 Å². The maximum Gasteiger partial charge on any atom is 0.262 e. The Bertz CT molecular complexity index is 1160. The Balaban J connectivity index is 2.04. The van der Waals surface area contributed by atoms with Gasteiger partial charge in [0.05, 0.1) is 22.0 Å². The number of rotatable bonds is 6. The summed E-state index contributed by atoms with van der Waals surface area (Å²) >= 11 is 0. The highest BCUT2D eigenvalue weighted by atomic mass is 32.2. The first-order valence-electron chi connectivity index (χ1n) is 10.2. The summed E-state index contributed by atoms with van der Waals surface area (Å²) in [5.41, 5.74) is 5.13. The monoisotopic (exact) mass is 450 g/mol. The van der Waals surface area contributed by atoms with Gasteiger partial charge in [-0.1, -0.05) is 19.1 Å². The third kappa shape index (κ3) is 4.21. The zero-order chi connectivity index (χ0) is 22.3. The van der Waals surface area contributed by atoms with Crippen molar-refractivity contribution in [2.75, 3.05) is 21.3 Å². The molecule has 0 radical (unpaired) electrons. The fourth-order valence-corrected chi connectivity index (χ4v) is 7.33. The summed E-state index contributed by atoms with van der Waals surface area (Å²) < 4.78 is 56.0. The molecule has 0 saturated heterocycles. The predicted octanol–water partition coefficient (Wildman–Crippen LogP) is 4.21. The van der Waals surface area contributed by atoms with E-state index in [2.05, 4.69) is 4.72 Å². The lowest BCUT2D eigenvalue weighted by Gasteiger charge is -2.31. The zero-order valence-electron chi connectivity index (χ0n) is 18.2. The van der Waals surface area contributed by atoms with E-state index in [1.54, 1.807) is 12.1 Å². The number of nitrogens with one attached hydrogen (secondary N) is 1. The van der Waals surface area contributed by atoms with Crippen molar-refractivity contribution in [2.45, 2.75) is 58.8 Å². The van der Waals surface area contributed by atoms with Crippen molar-refractivity contribution in [3.8, 4) is 0 Å². The van der Waals surface area contributed by atoms with Crippen molar-refractivity contribution in [3.63, 3.8) is 0 Å². The van der Waals surface area contributed by atoms with E-state index < -0.39 is 20.0 Å². The van der Waals surface area contributed by atoms with Gasteiger partial charge in [-0.15, -0.1) is 0 Å². The van der Waals surface area contributed by atoms with Crippen LogP contribution in [0.5, 0.6) is 0 Å². The molecule has 0 spiro atoms. The second-order valence-corrected chi connectivity index (χ2v) is 11.7. The fraction of sp³-hybridized carbons (Fsp3) is 0.455. The van der Waals surface area contributed by atoms with Crippen molar-refractivity contribution < 1.29 is 16.8 Å². The summed E-state index contributed by atoms with van der Waals surface area (Å²) in [6.45, 7) is 9.67. The molecule has 0 unspecified atom stereocenters. The molecule has 0 saturated carbocycles. The normalized spacial score (nSPS) is 14.5. The van der Waals surface area contributed by atoms with Crippen LogP contribution in [0.1, 0.15) is 47.6 Å². The lowest BCUT2D eigenvalue weighted by atomic mass is 10.0. The Labute approximate surface area is 180 Å². The second-order valence-electron chi connectivity index (χ2n) is 8.03. The van der Waals surface area contributed by atoms with Gasteiger partial charge in [0.2, 0.25) is 10.0 Å². The van der Waals surface area contributed by atoms with E-state index >= 15 is 0 Å². The van der Waals surface area contributed by atoms with Crippen LogP contribution >= 0.6 is 0 Å². The van der Waals surface area contributed by atoms with Gasteiger partial charge >= 0.3 is 0 Å². The maximum absolute atomic E-state index is 13.3. The number of sulfonamides is 2. The number of benzene rings is 2. The molecule has 0 atom stereocenters. The van der Waals surface area contributed by atoms with E-state index in [0.29, 0.717) is 24.3 Å². The van der Waals surface area contributed by atoms with E-state index in [9.17, 15) is 16.8 Å². The van der Waals surface area contributed by atoms with E-state index in [-0.39, 0.29) is 10.6 Å². The number of aryl methyl sites for hydroxylation is 3. The van der Waals surface area contributed by atoms with Gasteiger partial charge in [-0.25, -0.2) is 16.8 Å². The molecular weight excluding hydrogens is 420 g/mol. The molecule has 3 rings (SSSR count). The summed E-state index contributed by atoms with van der Waals surface area (Å²) in [4.78, 5) is 0.285. The summed E-state index contributed by atoms with van der Waals surface area (Å²) in [6.07, 6.45) is 2.06. The van der Waals surface area contributed by atoms with Gasteiger partial charge in [-0.05, 0) is 86.9 Å². The van der Waals surface area contributed by atoms with Crippen molar-refractivity contribution in [3.05, 3.63) is 52.1 Å². The van der Waals surface area contributed by atoms with E-state index in [0.717, 1.165) is 40.7 Å². The molecule has 0 fully saturated rings.